The van der Waals surface area contributed by atoms with E-state index in [4.69, 9.17) is 0 Å². The van der Waals surface area contributed by atoms with Crippen molar-refractivity contribution in [1.82, 2.24) is 0 Å². The summed E-state index contributed by atoms with van der Waals surface area (Å²) in [5, 5.41) is 0. The standard InChI is InChI=1S/C11H10I2S2/c12-10-6-4-8(14-10)2-1-3-9-5-7-11(13)15-9/h4-7H,1-3H2. The van der Waals surface area contributed by atoms with Gasteiger partial charge in [0.05, 0.1) is 5.77 Å². The molecule has 2 rings (SSSR count). The molecule has 4 heteroatoms. The van der Waals surface area contributed by atoms with Gasteiger partial charge >= 0.3 is 0 Å². The Kier molecular flexibility index (Phi) is 4.91. The summed E-state index contributed by atoms with van der Waals surface area (Å²) >= 11 is 8.61. The van der Waals surface area contributed by atoms with Gasteiger partial charge < -0.3 is 0 Å². The molecule has 0 spiro atoms. The smallest absolute Gasteiger partial charge is 0.0656 e. The fourth-order valence-corrected chi connectivity index (χ4v) is 5.00. The molecule has 0 unspecified atom stereocenters. The van der Waals surface area contributed by atoms with Crippen LogP contribution in [0.2, 0.25) is 0 Å². The lowest BCUT2D eigenvalue weighted by Gasteiger charge is -1.95. The molecule has 0 aliphatic rings. The van der Waals surface area contributed by atoms with Gasteiger partial charge in [-0.15, -0.1) is 22.7 Å². The van der Waals surface area contributed by atoms with E-state index in [9.17, 15) is 0 Å². The molecule has 0 aliphatic carbocycles. The molecule has 2 aromatic heterocycles. The number of hydrogen-bond donors (Lipinski definition) is 0. The summed E-state index contributed by atoms with van der Waals surface area (Å²) in [6.45, 7) is 0. The predicted octanol–water partition coefficient (Wildman–Crippen LogP) is 5.19. The molecule has 0 saturated heterocycles. The summed E-state index contributed by atoms with van der Waals surface area (Å²) in [4.78, 5) is 3.04. The third kappa shape index (κ3) is 3.98. The van der Waals surface area contributed by atoms with Crippen molar-refractivity contribution in [3.05, 3.63) is 39.8 Å². The lowest BCUT2D eigenvalue weighted by atomic mass is 10.2. The Morgan fingerprint density at radius 2 is 1.27 bits per heavy atom. The summed E-state index contributed by atoms with van der Waals surface area (Å²) in [5.41, 5.74) is 0. The van der Waals surface area contributed by atoms with Crippen LogP contribution in [0.5, 0.6) is 0 Å². The van der Waals surface area contributed by atoms with Gasteiger partial charge in [-0.05, 0) is 88.7 Å². The maximum Gasteiger partial charge on any atom is 0.0656 e. The van der Waals surface area contributed by atoms with E-state index in [1.165, 1.54) is 34.8 Å². The fraction of sp³-hybridized carbons (Fsp3) is 0.273. The average molecular weight is 460 g/mol. The minimum absolute atomic E-state index is 1.22. The fourth-order valence-electron chi connectivity index (χ4n) is 1.41. The molecule has 0 fully saturated rings. The number of hydrogen-bond acceptors (Lipinski definition) is 2. The van der Waals surface area contributed by atoms with Gasteiger partial charge in [0.1, 0.15) is 0 Å². The Bertz CT molecular complexity index is 391. The normalized spacial score (nSPS) is 10.8. The van der Waals surface area contributed by atoms with Gasteiger partial charge in [-0.1, -0.05) is 0 Å². The molecule has 0 aromatic carbocycles. The number of thiophene rings is 2. The summed E-state index contributed by atoms with van der Waals surface area (Å²) in [7, 11) is 0. The van der Waals surface area contributed by atoms with Crippen LogP contribution in [0.1, 0.15) is 16.2 Å². The number of halogens is 2. The molecule has 15 heavy (non-hydrogen) atoms. The molecule has 0 atom stereocenters. The lowest BCUT2D eigenvalue weighted by Crippen LogP contribution is -1.84. The molecule has 0 bridgehead atoms. The molecule has 2 heterocycles. The van der Waals surface area contributed by atoms with Gasteiger partial charge in [-0.2, -0.15) is 0 Å². The molecular formula is C11H10I2S2. The van der Waals surface area contributed by atoms with Crippen LogP contribution >= 0.6 is 67.9 Å². The third-order valence-corrected chi connectivity index (χ3v) is 6.01. The van der Waals surface area contributed by atoms with Crippen LogP contribution in [0, 0.1) is 5.77 Å². The van der Waals surface area contributed by atoms with E-state index in [1.807, 2.05) is 22.7 Å². The minimum atomic E-state index is 1.22. The van der Waals surface area contributed by atoms with Crippen molar-refractivity contribution in [3.8, 4) is 0 Å². The predicted molar refractivity (Wildman–Crippen MR) is 86.1 cm³/mol. The largest absolute Gasteiger partial charge is 0.134 e. The molecule has 0 radical (unpaired) electrons. The molecule has 0 nitrogen and oxygen atoms in total. The highest BCUT2D eigenvalue weighted by atomic mass is 127. The van der Waals surface area contributed by atoms with E-state index in [2.05, 4.69) is 69.4 Å². The summed E-state index contributed by atoms with van der Waals surface area (Å²) < 4.78 is 2.79. The van der Waals surface area contributed by atoms with Gasteiger partial charge in [0.2, 0.25) is 0 Å². The average Bonchev–Trinajstić information content (AvgIpc) is 2.76. The van der Waals surface area contributed by atoms with Crippen LogP contribution in [-0.4, -0.2) is 0 Å². The van der Waals surface area contributed by atoms with E-state index in [0.29, 0.717) is 0 Å². The highest BCUT2D eigenvalue weighted by Crippen LogP contribution is 2.22. The van der Waals surface area contributed by atoms with Crippen LogP contribution in [0.4, 0.5) is 0 Å². The highest BCUT2D eigenvalue weighted by molar-refractivity contribution is 14.1. The van der Waals surface area contributed by atoms with Gasteiger partial charge in [0, 0.05) is 9.75 Å². The SMILES string of the molecule is Ic1ccc(CCCc2ccc(I)s2)s1. The minimum Gasteiger partial charge on any atom is -0.134 e. The first-order valence-corrected chi connectivity index (χ1v) is 8.51. The molecule has 0 N–H and O–H groups in total. The maximum atomic E-state index is 2.39. The van der Waals surface area contributed by atoms with Crippen molar-refractivity contribution in [1.29, 1.82) is 0 Å². The number of rotatable bonds is 4. The van der Waals surface area contributed by atoms with E-state index < -0.39 is 0 Å². The van der Waals surface area contributed by atoms with E-state index >= 15 is 0 Å². The monoisotopic (exact) mass is 460 g/mol. The van der Waals surface area contributed by atoms with Crippen LogP contribution in [0.25, 0.3) is 0 Å². The van der Waals surface area contributed by atoms with Crippen molar-refractivity contribution in [2.75, 3.05) is 0 Å². The van der Waals surface area contributed by atoms with Gasteiger partial charge in [0.25, 0.3) is 0 Å². The van der Waals surface area contributed by atoms with E-state index in [1.54, 1.807) is 0 Å². The van der Waals surface area contributed by atoms with E-state index in [-0.39, 0.29) is 0 Å². The molecule has 2 aromatic rings. The van der Waals surface area contributed by atoms with Crippen LogP contribution in [0.3, 0.4) is 0 Å². The Morgan fingerprint density at radius 1 is 0.800 bits per heavy atom. The zero-order valence-electron chi connectivity index (χ0n) is 8.00. The maximum absolute atomic E-state index is 2.39. The quantitative estimate of drug-likeness (QED) is 0.551. The van der Waals surface area contributed by atoms with E-state index in [0.717, 1.165) is 0 Å². The van der Waals surface area contributed by atoms with Crippen molar-refractivity contribution in [2.24, 2.45) is 0 Å². The van der Waals surface area contributed by atoms with Crippen molar-refractivity contribution in [2.45, 2.75) is 19.3 Å². The van der Waals surface area contributed by atoms with Crippen LogP contribution in [0.15, 0.2) is 24.3 Å². The van der Waals surface area contributed by atoms with Crippen molar-refractivity contribution in [3.63, 3.8) is 0 Å². The Balaban J connectivity index is 1.80. The molecule has 0 saturated carbocycles. The number of aryl methyl sites for hydroxylation is 2. The first kappa shape index (κ1) is 12.3. The molecule has 0 aliphatic heterocycles. The molecular weight excluding hydrogens is 450 g/mol. The van der Waals surface area contributed by atoms with Crippen LogP contribution in [-0.2, 0) is 12.8 Å². The van der Waals surface area contributed by atoms with Crippen molar-refractivity contribution < 1.29 is 0 Å². The topological polar surface area (TPSA) is 0 Å². The first-order chi connectivity index (χ1) is 7.24. The second-order valence-corrected chi connectivity index (χ2v) is 9.39. The lowest BCUT2D eigenvalue weighted by molar-refractivity contribution is 0.842. The van der Waals surface area contributed by atoms with Gasteiger partial charge in [-0.3, -0.25) is 0 Å². The summed E-state index contributed by atoms with van der Waals surface area (Å²) in [6, 6.07) is 8.92. The Hall–Kier alpha value is 0.860. The van der Waals surface area contributed by atoms with Gasteiger partial charge in [-0.25, -0.2) is 0 Å². The summed E-state index contributed by atoms with van der Waals surface area (Å²) in [6.07, 6.45) is 3.72. The molecule has 0 amide bonds. The zero-order chi connectivity index (χ0) is 10.7. The zero-order valence-corrected chi connectivity index (χ0v) is 14.0. The first-order valence-electron chi connectivity index (χ1n) is 4.72. The Morgan fingerprint density at radius 3 is 1.60 bits per heavy atom. The van der Waals surface area contributed by atoms with Crippen molar-refractivity contribution >= 4 is 67.9 Å². The summed E-state index contributed by atoms with van der Waals surface area (Å²) in [5.74, 6) is 0. The second kappa shape index (κ2) is 5.97. The third-order valence-electron chi connectivity index (χ3n) is 2.10. The highest BCUT2D eigenvalue weighted by Gasteiger charge is 2.00. The van der Waals surface area contributed by atoms with Crippen LogP contribution < -0.4 is 0 Å². The second-order valence-electron chi connectivity index (χ2n) is 3.27. The molecule has 80 valence electrons. The Labute approximate surface area is 125 Å². The van der Waals surface area contributed by atoms with Gasteiger partial charge in [0.15, 0.2) is 0 Å².